The van der Waals surface area contributed by atoms with Crippen LogP contribution in [0.4, 0.5) is 4.79 Å². The van der Waals surface area contributed by atoms with Gasteiger partial charge in [-0.25, -0.2) is 4.79 Å². The number of ether oxygens (including phenoxy) is 1. The second kappa shape index (κ2) is 7.34. The highest BCUT2D eigenvalue weighted by Gasteiger charge is 2.36. The fourth-order valence-electron chi connectivity index (χ4n) is 2.86. The number of benzene rings is 1. The number of hydrogen-bond donors (Lipinski definition) is 0. The van der Waals surface area contributed by atoms with Gasteiger partial charge in [0.1, 0.15) is 11.7 Å². The normalized spacial score (nSPS) is 21.7. The molecule has 0 N–H and O–H groups in total. The first-order valence-electron chi connectivity index (χ1n) is 8.91. The fraction of sp³-hybridized carbons (Fsp3) is 0.550. The summed E-state index contributed by atoms with van der Waals surface area (Å²) in [7, 11) is -1.33. The lowest BCUT2D eigenvalue weighted by atomic mass is 10.0. The largest absolute Gasteiger partial charge is 0.442 e. The standard InChI is InChI=1S/C20H31NO3Si/c1-15-17(14-25(5,6)7)13-18(16-11-9-8-10-12-16)24-21(15)19(22)23-20(2,3)4/h8-13,15,18H,14H2,1-7H3/t15-,18-/m1/s1. The number of carbonyl (C=O) groups is 1. The summed E-state index contributed by atoms with van der Waals surface area (Å²) in [5.74, 6) is 0. The molecular formula is C20H31NO3Si. The van der Waals surface area contributed by atoms with Crippen LogP contribution in [0.2, 0.25) is 25.7 Å². The van der Waals surface area contributed by atoms with Crippen LogP contribution in [0.25, 0.3) is 0 Å². The van der Waals surface area contributed by atoms with E-state index >= 15 is 0 Å². The molecule has 0 unspecified atom stereocenters. The van der Waals surface area contributed by atoms with Crippen molar-refractivity contribution < 1.29 is 14.4 Å². The first kappa shape index (κ1) is 19.7. The molecule has 0 saturated heterocycles. The van der Waals surface area contributed by atoms with Gasteiger partial charge in [-0.05, 0) is 51.0 Å². The molecule has 1 aromatic rings. The molecule has 1 aliphatic heterocycles. The summed E-state index contributed by atoms with van der Waals surface area (Å²) in [4.78, 5) is 18.7. The van der Waals surface area contributed by atoms with Crippen molar-refractivity contribution in [1.82, 2.24) is 5.06 Å². The Hall–Kier alpha value is -1.59. The van der Waals surface area contributed by atoms with E-state index in [1.54, 1.807) is 0 Å². The van der Waals surface area contributed by atoms with Crippen LogP contribution in [0.15, 0.2) is 42.0 Å². The Morgan fingerprint density at radius 1 is 1.20 bits per heavy atom. The average Bonchev–Trinajstić information content (AvgIpc) is 2.47. The van der Waals surface area contributed by atoms with Crippen LogP contribution in [0.1, 0.15) is 39.4 Å². The molecule has 5 heteroatoms. The summed E-state index contributed by atoms with van der Waals surface area (Å²) >= 11 is 0. The first-order valence-corrected chi connectivity index (χ1v) is 12.6. The molecule has 1 heterocycles. The highest BCUT2D eigenvalue weighted by Crippen LogP contribution is 2.34. The van der Waals surface area contributed by atoms with Crippen LogP contribution in [-0.4, -0.2) is 30.9 Å². The van der Waals surface area contributed by atoms with Gasteiger partial charge in [0.15, 0.2) is 0 Å². The topological polar surface area (TPSA) is 38.8 Å². The zero-order chi connectivity index (χ0) is 18.8. The van der Waals surface area contributed by atoms with Crippen molar-refractivity contribution in [2.75, 3.05) is 0 Å². The highest BCUT2D eigenvalue weighted by atomic mass is 28.3. The van der Waals surface area contributed by atoms with Crippen molar-refractivity contribution >= 4 is 14.2 Å². The van der Waals surface area contributed by atoms with Crippen molar-refractivity contribution in [1.29, 1.82) is 0 Å². The minimum Gasteiger partial charge on any atom is -0.442 e. The van der Waals surface area contributed by atoms with Crippen LogP contribution in [0.5, 0.6) is 0 Å². The molecule has 0 bridgehead atoms. The van der Waals surface area contributed by atoms with Gasteiger partial charge in [-0.15, -0.1) is 0 Å². The maximum absolute atomic E-state index is 12.7. The zero-order valence-electron chi connectivity index (χ0n) is 16.5. The Balaban J connectivity index is 2.33. The van der Waals surface area contributed by atoms with E-state index in [9.17, 15) is 4.79 Å². The van der Waals surface area contributed by atoms with Gasteiger partial charge < -0.3 is 4.74 Å². The predicted octanol–water partition coefficient (Wildman–Crippen LogP) is 5.56. The van der Waals surface area contributed by atoms with E-state index in [2.05, 4.69) is 25.7 Å². The summed E-state index contributed by atoms with van der Waals surface area (Å²) in [6, 6.07) is 10.9. The Morgan fingerprint density at radius 3 is 2.32 bits per heavy atom. The van der Waals surface area contributed by atoms with Crippen LogP contribution < -0.4 is 0 Å². The maximum atomic E-state index is 12.7. The van der Waals surface area contributed by atoms with Crippen molar-refractivity contribution in [3.8, 4) is 0 Å². The SMILES string of the molecule is C[C@@H]1C(C[Si](C)(C)C)=C[C@H](c2ccccc2)ON1C(=O)OC(C)(C)C. The van der Waals surface area contributed by atoms with E-state index in [1.807, 2.05) is 58.0 Å². The summed E-state index contributed by atoms with van der Waals surface area (Å²) in [5, 5.41) is 1.42. The number of nitrogens with zero attached hydrogens (tertiary/aromatic N) is 1. The molecule has 0 spiro atoms. The third-order valence-corrected chi connectivity index (χ3v) is 5.39. The molecule has 0 aliphatic carbocycles. The van der Waals surface area contributed by atoms with Gasteiger partial charge in [0.05, 0.1) is 6.04 Å². The van der Waals surface area contributed by atoms with Crippen LogP contribution >= 0.6 is 0 Å². The van der Waals surface area contributed by atoms with Gasteiger partial charge in [-0.2, -0.15) is 5.06 Å². The Labute approximate surface area is 152 Å². The minimum atomic E-state index is -1.33. The summed E-state index contributed by atoms with van der Waals surface area (Å²) in [5.41, 5.74) is 1.74. The lowest BCUT2D eigenvalue weighted by molar-refractivity contribution is -0.192. The highest BCUT2D eigenvalue weighted by molar-refractivity contribution is 6.76. The third kappa shape index (κ3) is 5.72. The lowest BCUT2D eigenvalue weighted by Crippen LogP contribution is -2.46. The van der Waals surface area contributed by atoms with Crippen molar-refractivity contribution in [2.45, 2.75) is 71.1 Å². The van der Waals surface area contributed by atoms with Crippen LogP contribution in [0.3, 0.4) is 0 Å². The summed E-state index contributed by atoms with van der Waals surface area (Å²) in [6.07, 6.45) is 1.48. The minimum absolute atomic E-state index is 0.124. The van der Waals surface area contributed by atoms with E-state index in [0.29, 0.717) is 0 Å². The molecule has 1 amide bonds. The third-order valence-electron chi connectivity index (χ3n) is 3.92. The number of hydroxylamine groups is 2. The number of carbonyl (C=O) groups excluding carboxylic acids is 1. The smallest absolute Gasteiger partial charge is 0.435 e. The molecule has 138 valence electrons. The van der Waals surface area contributed by atoms with Gasteiger partial charge in [-0.3, -0.25) is 4.84 Å². The molecule has 1 aromatic carbocycles. The Bertz CT molecular complexity index is 629. The molecule has 2 atom stereocenters. The van der Waals surface area contributed by atoms with Crippen molar-refractivity contribution in [2.24, 2.45) is 0 Å². The number of amides is 1. The molecule has 0 aromatic heterocycles. The summed E-state index contributed by atoms with van der Waals surface area (Å²) < 4.78 is 5.56. The molecule has 2 rings (SSSR count). The van der Waals surface area contributed by atoms with E-state index < -0.39 is 19.8 Å². The lowest BCUT2D eigenvalue weighted by Gasteiger charge is -2.39. The molecular weight excluding hydrogens is 330 g/mol. The number of rotatable bonds is 3. The fourth-order valence-corrected chi connectivity index (χ4v) is 4.49. The molecule has 4 nitrogen and oxygen atoms in total. The first-order chi connectivity index (χ1) is 11.5. The van der Waals surface area contributed by atoms with E-state index in [-0.39, 0.29) is 12.1 Å². The van der Waals surface area contributed by atoms with Crippen LogP contribution in [-0.2, 0) is 9.57 Å². The molecule has 25 heavy (non-hydrogen) atoms. The number of hydrogen-bond acceptors (Lipinski definition) is 3. The van der Waals surface area contributed by atoms with E-state index in [4.69, 9.17) is 9.57 Å². The van der Waals surface area contributed by atoms with Crippen molar-refractivity contribution in [3.63, 3.8) is 0 Å². The monoisotopic (exact) mass is 361 g/mol. The zero-order valence-corrected chi connectivity index (χ0v) is 17.5. The van der Waals surface area contributed by atoms with Crippen LogP contribution in [0, 0.1) is 0 Å². The van der Waals surface area contributed by atoms with E-state index in [1.165, 1.54) is 10.6 Å². The van der Waals surface area contributed by atoms with Gasteiger partial charge in [-0.1, -0.05) is 50.0 Å². The predicted molar refractivity (Wildman–Crippen MR) is 104 cm³/mol. The van der Waals surface area contributed by atoms with Gasteiger partial charge in [0.2, 0.25) is 0 Å². The van der Waals surface area contributed by atoms with Gasteiger partial charge in [0.25, 0.3) is 0 Å². The van der Waals surface area contributed by atoms with Crippen molar-refractivity contribution in [3.05, 3.63) is 47.5 Å². The van der Waals surface area contributed by atoms with Gasteiger partial charge >= 0.3 is 6.09 Å². The molecule has 0 saturated carbocycles. The molecule has 0 fully saturated rings. The Kier molecular flexibility index (Phi) is 5.79. The molecule has 0 radical (unpaired) electrons. The Morgan fingerprint density at radius 2 is 1.80 bits per heavy atom. The second-order valence-corrected chi connectivity index (χ2v) is 14.4. The average molecular weight is 362 g/mol. The maximum Gasteiger partial charge on any atom is 0.435 e. The molecule has 1 aliphatic rings. The van der Waals surface area contributed by atoms with Gasteiger partial charge in [0, 0.05) is 8.07 Å². The quantitative estimate of drug-likeness (QED) is 0.522. The second-order valence-electron chi connectivity index (χ2n) is 8.90. The van der Waals surface area contributed by atoms with E-state index in [0.717, 1.165) is 11.6 Å². The summed E-state index contributed by atoms with van der Waals surface area (Å²) in [6.45, 7) is 14.6.